The minimum Gasteiger partial charge on any atom is -0.495 e. The summed E-state index contributed by atoms with van der Waals surface area (Å²) >= 11 is 6.15. The zero-order valence-electron chi connectivity index (χ0n) is 13.6. The van der Waals surface area contributed by atoms with E-state index >= 15 is 0 Å². The maximum atomic E-state index is 12.2. The smallest absolute Gasteiger partial charge is 0.310 e. The van der Waals surface area contributed by atoms with Crippen LogP contribution in [-0.2, 0) is 22.6 Å². The molecule has 0 radical (unpaired) electrons. The summed E-state index contributed by atoms with van der Waals surface area (Å²) in [5.74, 6) is 0.318. The number of hydrogen-bond acceptors (Lipinski definition) is 3. The van der Waals surface area contributed by atoms with Crippen molar-refractivity contribution in [1.29, 1.82) is 0 Å². The lowest BCUT2D eigenvalue weighted by Gasteiger charge is -2.06. The second kappa shape index (κ2) is 6.97. The van der Waals surface area contributed by atoms with E-state index in [-0.39, 0.29) is 19.0 Å². The van der Waals surface area contributed by atoms with E-state index in [1.54, 1.807) is 7.11 Å². The number of carbonyl (C=O) groups excluding carboxylic acids is 1. The van der Waals surface area contributed by atoms with Gasteiger partial charge < -0.3 is 14.5 Å². The van der Waals surface area contributed by atoms with E-state index in [1.807, 2.05) is 49.4 Å². The summed E-state index contributed by atoms with van der Waals surface area (Å²) in [6.45, 7) is 2.20. The molecule has 3 rings (SSSR count). The van der Waals surface area contributed by atoms with Crippen molar-refractivity contribution < 1.29 is 14.3 Å². The summed E-state index contributed by atoms with van der Waals surface area (Å²) in [6.07, 6.45) is 0.198. The molecule has 0 atom stereocenters. The number of carbonyl (C=O) groups is 1. The molecule has 0 unspecified atom stereocenters. The zero-order valence-corrected chi connectivity index (χ0v) is 14.3. The predicted octanol–water partition coefficient (Wildman–Crippen LogP) is 4.42. The van der Waals surface area contributed by atoms with Crippen LogP contribution in [0.25, 0.3) is 10.9 Å². The fraction of sp³-hybridized carbons (Fsp3) is 0.211. The highest BCUT2D eigenvalue weighted by molar-refractivity contribution is 6.32. The maximum absolute atomic E-state index is 12.2. The normalized spacial score (nSPS) is 10.8. The van der Waals surface area contributed by atoms with Gasteiger partial charge in [-0.05, 0) is 30.2 Å². The molecule has 4 nitrogen and oxygen atoms in total. The third-order valence-electron chi connectivity index (χ3n) is 3.96. The van der Waals surface area contributed by atoms with Crippen molar-refractivity contribution in [3.63, 3.8) is 0 Å². The van der Waals surface area contributed by atoms with Crippen LogP contribution < -0.4 is 4.74 Å². The number of methoxy groups -OCH3 is 1. The first kappa shape index (κ1) is 16.4. The van der Waals surface area contributed by atoms with Gasteiger partial charge in [-0.25, -0.2) is 0 Å². The number of esters is 1. The van der Waals surface area contributed by atoms with Gasteiger partial charge in [-0.2, -0.15) is 0 Å². The zero-order chi connectivity index (χ0) is 17.1. The minimum absolute atomic E-state index is 0.198. The third-order valence-corrected chi connectivity index (χ3v) is 4.25. The molecule has 5 heteroatoms. The molecule has 1 aromatic heterocycles. The molecular formula is C19H18ClNO3. The van der Waals surface area contributed by atoms with E-state index in [2.05, 4.69) is 4.98 Å². The highest BCUT2D eigenvalue weighted by Crippen LogP contribution is 2.33. The third kappa shape index (κ3) is 3.39. The first-order valence-electron chi connectivity index (χ1n) is 7.62. The Morgan fingerprint density at radius 3 is 2.67 bits per heavy atom. The van der Waals surface area contributed by atoms with E-state index in [9.17, 15) is 4.79 Å². The Morgan fingerprint density at radius 1 is 1.21 bits per heavy atom. The molecule has 0 saturated heterocycles. The lowest BCUT2D eigenvalue weighted by atomic mass is 10.1. The summed E-state index contributed by atoms with van der Waals surface area (Å²) in [4.78, 5) is 15.5. The monoisotopic (exact) mass is 343 g/mol. The SMILES string of the molecule is COc1cc2c(CC(=O)OCc3ccccc3)c(C)[nH]c2cc1Cl. The lowest BCUT2D eigenvalue weighted by Crippen LogP contribution is -2.08. The van der Waals surface area contributed by atoms with Crippen LogP contribution >= 0.6 is 11.6 Å². The molecule has 0 spiro atoms. The summed E-state index contributed by atoms with van der Waals surface area (Å²) in [6, 6.07) is 13.3. The van der Waals surface area contributed by atoms with Gasteiger partial charge in [-0.15, -0.1) is 0 Å². The largest absolute Gasteiger partial charge is 0.495 e. The molecule has 0 saturated carbocycles. The Hall–Kier alpha value is -2.46. The Labute approximate surface area is 145 Å². The number of H-pyrrole nitrogens is 1. The molecular weight excluding hydrogens is 326 g/mol. The molecule has 0 aliphatic carbocycles. The van der Waals surface area contributed by atoms with Crippen LogP contribution in [0, 0.1) is 6.92 Å². The maximum Gasteiger partial charge on any atom is 0.310 e. The van der Waals surface area contributed by atoms with Gasteiger partial charge in [0.2, 0.25) is 0 Å². The average molecular weight is 344 g/mol. The number of hydrogen-bond donors (Lipinski definition) is 1. The van der Waals surface area contributed by atoms with Gasteiger partial charge in [0.25, 0.3) is 0 Å². The molecule has 0 aliphatic heterocycles. The van der Waals surface area contributed by atoms with Crippen molar-refractivity contribution in [2.24, 2.45) is 0 Å². The van der Waals surface area contributed by atoms with Gasteiger partial charge in [0, 0.05) is 16.6 Å². The van der Waals surface area contributed by atoms with Gasteiger partial charge >= 0.3 is 5.97 Å². The number of aryl methyl sites for hydroxylation is 1. The summed E-state index contributed by atoms with van der Waals surface area (Å²) in [7, 11) is 1.57. The van der Waals surface area contributed by atoms with Gasteiger partial charge in [-0.1, -0.05) is 41.9 Å². The number of benzene rings is 2. The fourth-order valence-corrected chi connectivity index (χ4v) is 2.94. The highest BCUT2D eigenvalue weighted by atomic mass is 35.5. The van der Waals surface area contributed by atoms with Crippen molar-refractivity contribution in [2.75, 3.05) is 7.11 Å². The Morgan fingerprint density at radius 2 is 1.96 bits per heavy atom. The van der Waals surface area contributed by atoms with Crippen LogP contribution in [0.4, 0.5) is 0 Å². The quantitative estimate of drug-likeness (QED) is 0.697. The van der Waals surface area contributed by atoms with Crippen LogP contribution in [0.1, 0.15) is 16.8 Å². The highest BCUT2D eigenvalue weighted by Gasteiger charge is 2.16. The molecule has 1 N–H and O–H groups in total. The van der Waals surface area contributed by atoms with Crippen molar-refractivity contribution in [1.82, 2.24) is 4.98 Å². The van der Waals surface area contributed by atoms with Crippen LogP contribution in [0.3, 0.4) is 0 Å². The van der Waals surface area contributed by atoms with Crippen molar-refractivity contribution >= 4 is 28.5 Å². The van der Waals surface area contributed by atoms with E-state index in [0.29, 0.717) is 10.8 Å². The molecule has 0 amide bonds. The number of fused-ring (bicyclic) bond motifs is 1. The fourth-order valence-electron chi connectivity index (χ4n) is 2.70. The van der Waals surface area contributed by atoms with Gasteiger partial charge in [0.05, 0.1) is 18.6 Å². The van der Waals surface area contributed by atoms with Gasteiger partial charge in [0.1, 0.15) is 12.4 Å². The van der Waals surface area contributed by atoms with E-state index in [1.165, 1.54) is 0 Å². The van der Waals surface area contributed by atoms with Crippen molar-refractivity contribution in [3.05, 3.63) is 64.3 Å². The van der Waals surface area contributed by atoms with Gasteiger partial charge in [0.15, 0.2) is 0 Å². The van der Waals surface area contributed by atoms with Crippen LogP contribution in [0.5, 0.6) is 5.75 Å². The molecule has 3 aromatic rings. The molecule has 0 fully saturated rings. The number of nitrogens with one attached hydrogen (secondary N) is 1. The molecule has 0 aliphatic rings. The van der Waals surface area contributed by atoms with E-state index < -0.39 is 0 Å². The second-order valence-corrected chi connectivity index (χ2v) is 5.99. The standard InChI is InChI=1S/C19H18ClNO3/c1-12-14(9-19(22)24-11-13-6-4-3-5-7-13)15-8-18(23-2)16(20)10-17(15)21-12/h3-8,10,21H,9,11H2,1-2H3. The van der Waals surface area contributed by atoms with Gasteiger partial charge in [-0.3, -0.25) is 4.79 Å². The lowest BCUT2D eigenvalue weighted by molar-refractivity contribution is -0.144. The van der Waals surface area contributed by atoms with Crippen LogP contribution in [-0.4, -0.2) is 18.1 Å². The minimum atomic E-state index is -0.267. The number of ether oxygens (including phenoxy) is 2. The summed E-state index contributed by atoms with van der Waals surface area (Å²) < 4.78 is 10.6. The average Bonchev–Trinajstić information content (AvgIpc) is 2.87. The Bertz CT molecular complexity index is 871. The molecule has 24 heavy (non-hydrogen) atoms. The second-order valence-electron chi connectivity index (χ2n) is 5.58. The first-order chi connectivity index (χ1) is 11.6. The molecule has 1 heterocycles. The van der Waals surface area contributed by atoms with E-state index in [0.717, 1.165) is 27.7 Å². The first-order valence-corrected chi connectivity index (χ1v) is 8.00. The van der Waals surface area contributed by atoms with Crippen molar-refractivity contribution in [3.8, 4) is 5.75 Å². The molecule has 2 aromatic carbocycles. The summed E-state index contributed by atoms with van der Waals surface area (Å²) in [5.41, 5.74) is 3.67. The van der Waals surface area contributed by atoms with Crippen LogP contribution in [0.15, 0.2) is 42.5 Å². The molecule has 124 valence electrons. The number of aromatic nitrogens is 1. The number of aromatic amines is 1. The molecule has 0 bridgehead atoms. The van der Waals surface area contributed by atoms with E-state index in [4.69, 9.17) is 21.1 Å². The summed E-state index contributed by atoms with van der Waals surface area (Å²) in [5, 5.41) is 1.45. The Balaban J connectivity index is 1.79. The topological polar surface area (TPSA) is 51.3 Å². The Kier molecular flexibility index (Phi) is 4.76. The van der Waals surface area contributed by atoms with Crippen LogP contribution in [0.2, 0.25) is 5.02 Å². The predicted molar refractivity (Wildman–Crippen MR) is 94.5 cm³/mol. The number of rotatable bonds is 5. The van der Waals surface area contributed by atoms with Crippen molar-refractivity contribution in [2.45, 2.75) is 20.0 Å². The number of halogens is 1.